The van der Waals surface area contributed by atoms with Crippen molar-refractivity contribution in [1.29, 1.82) is 0 Å². The van der Waals surface area contributed by atoms with Gasteiger partial charge in [0.25, 0.3) is 0 Å². The predicted octanol–water partition coefficient (Wildman–Crippen LogP) is 5.04. The number of phenolic OH excluding ortho intramolecular Hbond substituents is 1. The zero-order valence-electron chi connectivity index (χ0n) is 17.3. The Morgan fingerprint density at radius 2 is 1.81 bits per heavy atom. The molecule has 0 fully saturated rings. The van der Waals surface area contributed by atoms with E-state index in [9.17, 15) is 15.0 Å². The fourth-order valence-corrected chi connectivity index (χ4v) is 3.67. The molecule has 0 bridgehead atoms. The molecule has 0 spiro atoms. The van der Waals surface area contributed by atoms with Crippen LogP contribution in [0.4, 0.5) is 11.4 Å². The molecule has 6 nitrogen and oxygen atoms in total. The molecular weight excluding hydrogens is 519 g/mol. The average molecular weight is 544 g/mol. The van der Waals surface area contributed by atoms with Crippen molar-refractivity contribution in [2.45, 2.75) is 25.0 Å². The van der Waals surface area contributed by atoms with Gasteiger partial charge in [0.1, 0.15) is 23.7 Å². The van der Waals surface area contributed by atoms with Crippen LogP contribution in [-0.2, 0) is 4.79 Å². The number of nitrogen functional groups attached to an aromatic ring is 1. The number of hydrogen-bond donors (Lipinski definition) is 4. The molecule has 2 atom stereocenters. The Hall–Kier alpha value is -3.04. The van der Waals surface area contributed by atoms with Gasteiger partial charge >= 0.3 is 0 Å². The van der Waals surface area contributed by atoms with Gasteiger partial charge in [-0.25, -0.2) is 0 Å². The van der Waals surface area contributed by atoms with Crippen molar-refractivity contribution in [2.75, 3.05) is 11.1 Å². The van der Waals surface area contributed by atoms with Gasteiger partial charge in [-0.05, 0) is 84.0 Å². The number of phenols is 1. The molecule has 32 heavy (non-hydrogen) atoms. The number of amides is 1. The summed E-state index contributed by atoms with van der Waals surface area (Å²) in [6, 6.07) is 21.3. The lowest BCUT2D eigenvalue weighted by Crippen LogP contribution is -2.25. The number of carbonyl (C=O) groups is 1. The van der Waals surface area contributed by atoms with Gasteiger partial charge in [-0.15, -0.1) is 0 Å². The molecule has 0 aliphatic carbocycles. The average Bonchev–Trinajstić information content (AvgIpc) is 2.79. The number of ether oxygens (including phenoxy) is 1. The van der Waals surface area contributed by atoms with Crippen molar-refractivity contribution in [2.24, 2.45) is 0 Å². The second kappa shape index (κ2) is 11.5. The molecule has 0 aliphatic rings. The van der Waals surface area contributed by atoms with E-state index in [1.165, 1.54) is 6.08 Å². The van der Waals surface area contributed by atoms with Crippen LogP contribution in [0.15, 0.2) is 84.9 Å². The van der Waals surface area contributed by atoms with Gasteiger partial charge in [0, 0.05) is 9.13 Å². The Labute approximate surface area is 200 Å². The lowest BCUT2D eigenvalue weighted by atomic mass is 9.99. The van der Waals surface area contributed by atoms with Crippen molar-refractivity contribution >= 4 is 39.9 Å². The van der Waals surface area contributed by atoms with Crippen LogP contribution in [0.3, 0.4) is 0 Å². The number of para-hydroxylation sites is 3. The first-order chi connectivity index (χ1) is 15.4. The van der Waals surface area contributed by atoms with E-state index in [2.05, 4.69) is 27.9 Å². The minimum Gasteiger partial charge on any atom is -0.508 e. The quantitative estimate of drug-likeness (QED) is 0.172. The maximum absolute atomic E-state index is 12.2. The number of hydrogen-bond acceptors (Lipinski definition) is 5. The van der Waals surface area contributed by atoms with Crippen molar-refractivity contribution in [3.05, 3.63) is 94.1 Å². The third kappa shape index (κ3) is 6.73. The molecule has 0 radical (unpaired) electrons. The zero-order valence-corrected chi connectivity index (χ0v) is 19.5. The maximum Gasteiger partial charge on any atom is 0.248 e. The highest BCUT2D eigenvalue weighted by atomic mass is 127. The van der Waals surface area contributed by atoms with Crippen LogP contribution in [0.2, 0.25) is 0 Å². The Bertz CT molecular complexity index is 1070. The summed E-state index contributed by atoms with van der Waals surface area (Å²) in [6.07, 6.45) is 2.39. The number of nitrogens with two attached hydrogens (primary N) is 1. The van der Waals surface area contributed by atoms with Crippen molar-refractivity contribution < 1.29 is 19.7 Å². The smallest absolute Gasteiger partial charge is 0.248 e. The fraction of sp³-hybridized carbons (Fsp3) is 0.160. The number of nitrogens with one attached hydrogen (secondary N) is 1. The van der Waals surface area contributed by atoms with Crippen LogP contribution < -0.4 is 15.8 Å². The highest BCUT2D eigenvalue weighted by Crippen LogP contribution is 2.32. The molecule has 0 saturated heterocycles. The van der Waals surface area contributed by atoms with Crippen molar-refractivity contribution in [3.8, 4) is 11.5 Å². The molecule has 166 valence electrons. The summed E-state index contributed by atoms with van der Waals surface area (Å²) in [7, 11) is 0. The lowest BCUT2D eigenvalue weighted by Gasteiger charge is -2.25. The summed E-state index contributed by atoms with van der Waals surface area (Å²) < 4.78 is 6.92. The van der Waals surface area contributed by atoms with E-state index in [1.54, 1.807) is 48.5 Å². The van der Waals surface area contributed by atoms with Gasteiger partial charge in [0.05, 0.1) is 11.4 Å². The fourth-order valence-electron chi connectivity index (χ4n) is 3.15. The first-order valence-corrected chi connectivity index (χ1v) is 11.2. The first-order valence-electron chi connectivity index (χ1n) is 10.1. The Balaban J connectivity index is 1.67. The zero-order chi connectivity index (χ0) is 22.9. The predicted molar refractivity (Wildman–Crippen MR) is 134 cm³/mol. The largest absolute Gasteiger partial charge is 0.508 e. The van der Waals surface area contributed by atoms with E-state index >= 15 is 0 Å². The highest BCUT2D eigenvalue weighted by molar-refractivity contribution is 14.1. The normalized spacial score (nSPS) is 12.9. The minimum atomic E-state index is -1.05. The minimum absolute atomic E-state index is 0.00921. The topological polar surface area (TPSA) is 105 Å². The molecule has 1 amide bonds. The van der Waals surface area contributed by atoms with Gasteiger partial charge in [0.2, 0.25) is 5.91 Å². The number of halogens is 1. The Kier molecular flexibility index (Phi) is 8.52. The number of allylic oxidation sites excluding steroid dienone is 1. The van der Waals surface area contributed by atoms with Gasteiger partial charge in [-0.2, -0.15) is 0 Å². The van der Waals surface area contributed by atoms with Gasteiger partial charge in [-0.1, -0.05) is 36.4 Å². The number of rotatable bonds is 9. The summed E-state index contributed by atoms with van der Waals surface area (Å²) in [5.74, 6) is 0.331. The van der Waals surface area contributed by atoms with Crippen molar-refractivity contribution in [1.82, 2.24) is 0 Å². The van der Waals surface area contributed by atoms with E-state index in [-0.39, 0.29) is 11.7 Å². The van der Waals surface area contributed by atoms with Crippen LogP contribution >= 0.6 is 22.6 Å². The number of aromatic hydroxyl groups is 1. The second-order valence-corrected chi connectivity index (χ2v) is 8.42. The number of aliphatic hydroxyl groups is 1. The van der Waals surface area contributed by atoms with E-state index < -0.39 is 12.2 Å². The Morgan fingerprint density at radius 3 is 2.56 bits per heavy atom. The lowest BCUT2D eigenvalue weighted by molar-refractivity contribution is -0.111. The molecule has 0 aliphatic heterocycles. The monoisotopic (exact) mass is 544 g/mol. The third-order valence-corrected chi connectivity index (χ3v) is 5.47. The first kappa shape index (κ1) is 23.6. The molecule has 0 aromatic heterocycles. The van der Waals surface area contributed by atoms with Crippen molar-refractivity contribution in [3.63, 3.8) is 0 Å². The molecule has 3 rings (SSSR count). The number of anilines is 2. The molecule has 5 N–H and O–H groups in total. The van der Waals surface area contributed by atoms with Gasteiger partial charge in [0.15, 0.2) is 0 Å². The molecule has 3 aromatic rings. The molecule has 3 aromatic carbocycles. The second-order valence-electron chi connectivity index (χ2n) is 7.17. The maximum atomic E-state index is 12.2. The standard InChI is InChI=1S/C25H25IN2O4/c26-17-14-15-22(29)19(16-17)25(31)23(32-18-8-2-1-3-9-18)12-6-7-13-24(30)28-21-11-5-4-10-20(21)27/h1-5,7-11,13-16,23,25,29,31H,6,12,27H2,(H,28,30)/b13-7+/t23-,25-/m0/s1. The van der Waals surface area contributed by atoms with E-state index in [0.29, 0.717) is 35.5 Å². The summed E-state index contributed by atoms with van der Waals surface area (Å²) in [5.41, 5.74) is 7.29. The van der Waals surface area contributed by atoms with Crippen LogP contribution in [0.25, 0.3) is 0 Å². The van der Waals surface area contributed by atoms with Crippen LogP contribution in [0, 0.1) is 3.57 Å². The van der Waals surface area contributed by atoms with E-state index in [0.717, 1.165) is 3.57 Å². The molecular formula is C25H25IN2O4. The molecule has 7 heteroatoms. The van der Waals surface area contributed by atoms with E-state index in [4.69, 9.17) is 10.5 Å². The number of aliphatic hydroxyl groups excluding tert-OH is 1. The van der Waals surface area contributed by atoms with Crippen LogP contribution in [0.5, 0.6) is 11.5 Å². The Morgan fingerprint density at radius 1 is 1.09 bits per heavy atom. The SMILES string of the molecule is Nc1ccccc1NC(=O)/C=C/CC[C@H](Oc1ccccc1)[C@@H](O)c1cc(I)ccc1O. The molecule has 0 saturated carbocycles. The molecule has 0 heterocycles. The summed E-state index contributed by atoms with van der Waals surface area (Å²) >= 11 is 2.13. The summed E-state index contributed by atoms with van der Waals surface area (Å²) in [6.45, 7) is 0. The van der Waals surface area contributed by atoms with Crippen LogP contribution in [0.1, 0.15) is 24.5 Å². The third-order valence-electron chi connectivity index (χ3n) is 4.80. The molecule has 0 unspecified atom stereocenters. The highest BCUT2D eigenvalue weighted by Gasteiger charge is 2.25. The number of benzene rings is 3. The van der Waals surface area contributed by atoms with Gasteiger partial charge < -0.3 is 26.0 Å². The van der Waals surface area contributed by atoms with E-state index in [1.807, 2.05) is 30.3 Å². The van der Waals surface area contributed by atoms with Crippen LogP contribution in [-0.4, -0.2) is 22.2 Å². The number of carbonyl (C=O) groups excluding carboxylic acids is 1. The van der Waals surface area contributed by atoms with Gasteiger partial charge in [-0.3, -0.25) is 4.79 Å². The summed E-state index contributed by atoms with van der Waals surface area (Å²) in [4.78, 5) is 12.2. The summed E-state index contributed by atoms with van der Waals surface area (Å²) in [5, 5.41) is 23.9.